The van der Waals surface area contributed by atoms with Gasteiger partial charge in [-0.25, -0.2) is 0 Å². The van der Waals surface area contributed by atoms with Gasteiger partial charge in [-0.05, 0) is 31.5 Å². The molecule has 0 heterocycles. The summed E-state index contributed by atoms with van der Waals surface area (Å²) < 4.78 is 0. The molecule has 4 heteroatoms. The number of nitrogens with one attached hydrogen (secondary N) is 1. The first-order chi connectivity index (χ1) is 9.33. The lowest BCUT2D eigenvalue weighted by Crippen LogP contribution is -2.25. The third-order valence-corrected chi connectivity index (χ3v) is 3.81. The van der Waals surface area contributed by atoms with Crippen LogP contribution in [0.5, 0.6) is 0 Å². The third kappa shape index (κ3) is 8.67. The lowest BCUT2D eigenvalue weighted by atomic mass is 10.1. The van der Waals surface area contributed by atoms with Crippen LogP contribution in [-0.4, -0.2) is 24.7 Å². The summed E-state index contributed by atoms with van der Waals surface area (Å²) in [6.45, 7) is 1.49. The van der Waals surface area contributed by atoms with Crippen molar-refractivity contribution in [2.75, 3.05) is 18.8 Å². The average molecular weight is 280 g/mol. The van der Waals surface area contributed by atoms with E-state index < -0.39 is 0 Å². The van der Waals surface area contributed by atoms with E-state index in [0.717, 1.165) is 44.5 Å². The summed E-state index contributed by atoms with van der Waals surface area (Å²) in [5.74, 6) is 1.09. The monoisotopic (exact) mass is 280 g/mol. The standard InChI is InChI=1S/C15H24N2OS/c16-11-7-2-1-6-10-15(18)17-12-13-19-14-8-4-3-5-9-14/h3-5,8-9H,1-2,6-7,10-13,16H2,(H,17,18). The molecule has 19 heavy (non-hydrogen) atoms. The number of benzene rings is 1. The molecule has 3 N–H and O–H groups in total. The maximum Gasteiger partial charge on any atom is 0.220 e. The van der Waals surface area contributed by atoms with Crippen LogP contribution in [0.3, 0.4) is 0 Å². The fraction of sp³-hybridized carbons (Fsp3) is 0.533. The highest BCUT2D eigenvalue weighted by Crippen LogP contribution is 2.15. The minimum absolute atomic E-state index is 0.168. The van der Waals surface area contributed by atoms with Crippen LogP contribution in [0.15, 0.2) is 35.2 Å². The van der Waals surface area contributed by atoms with Crippen molar-refractivity contribution in [2.45, 2.75) is 37.0 Å². The van der Waals surface area contributed by atoms with Crippen LogP contribution in [-0.2, 0) is 4.79 Å². The zero-order valence-corrected chi connectivity index (χ0v) is 12.3. The van der Waals surface area contributed by atoms with Gasteiger partial charge in [0.15, 0.2) is 0 Å². The molecule has 0 saturated heterocycles. The number of nitrogens with two attached hydrogens (primary N) is 1. The van der Waals surface area contributed by atoms with Crippen LogP contribution in [0.2, 0.25) is 0 Å². The lowest BCUT2D eigenvalue weighted by Gasteiger charge is -2.05. The van der Waals surface area contributed by atoms with Crippen LogP contribution < -0.4 is 11.1 Å². The maximum atomic E-state index is 11.5. The Hall–Kier alpha value is -1.00. The molecule has 0 saturated carbocycles. The molecular formula is C15H24N2OS. The number of unbranched alkanes of at least 4 members (excludes halogenated alkanes) is 3. The Balaban J connectivity index is 1.95. The minimum Gasteiger partial charge on any atom is -0.355 e. The van der Waals surface area contributed by atoms with E-state index in [1.54, 1.807) is 11.8 Å². The van der Waals surface area contributed by atoms with Crippen LogP contribution >= 0.6 is 11.8 Å². The highest BCUT2D eigenvalue weighted by atomic mass is 32.2. The second kappa shape index (κ2) is 10.9. The van der Waals surface area contributed by atoms with Crippen molar-refractivity contribution in [2.24, 2.45) is 5.73 Å². The largest absolute Gasteiger partial charge is 0.355 e. The van der Waals surface area contributed by atoms with E-state index in [2.05, 4.69) is 17.4 Å². The second-order valence-corrected chi connectivity index (χ2v) is 5.63. The van der Waals surface area contributed by atoms with Crippen molar-refractivity contribution < 1.29 is 4.79 Å². The Morgan fingerprint density at radius 3 is 2.58 bits per heavy atom. The maximum absolute atomic E-state index is 11.5. The lowest BCUT2D eigenvalue weighted by molar-refractivity contribution is -0.121. The zero-order chi connectivity index (χ0) is 13.8. The van der Waals surface area contributed by atoms with Crippen molar-refractivity contribution >= 4 is 17.7 Å². The molecule has 1 aromatic rings. The number of amides is 1. The van der Waals surface area contributed by atoms with Gasteiger partial charge in [-0.1, -0.05) is 31.0 Å². The summed E-state index contributed by atoms with van der Waals surface area (Å²) in [6, 6.07) is 10.2. The Labute approximate surface area is 120 Å². The highest BCUT2D eigenvalue weighted by Gasteiger charge is 2.00. The van der Waals surface area contributed by atoms with Gasteiger partial charge >= 0.3 is 0 Å². The van der Waals surface area contributed by atoms with E-state index in [9.17, 15) is 4.79 Å². The van der Waals surface area contributed by atoms with E-state index in [0.29, 0.717) is 6.42 Å². The van der Waals surface area contributed by atoms with Crippen LogP contribution in [0.1, 0.15) is 32.1 Å². The SMILES string of the molecule is NCCCCCCC(=O)NCCSc1ccccc1. The topological polar surface area (TPSA) is 55.1 Å². The Bertz CT molecular complexity index is 343. The molecule has 0 aromatic heterocycles. The Morgan fingerprint density at radius 2 is 1.84 bits per heavy atom. The first kappa shape index (κ1) is 16.1. The predicted octanol–water partition coefficient (Wildman–Crippen LogP) is 2.80. The van der Waals surface area contributed by atoms with Crippen molar-refractivity contribution in [3.63, 3.8) is 0 Å². The fourth-order valence-electron chi connectivity index (χ4n) is 1.75. The van der Waals surface area contributed by atoms with Gasteiger partial charge in [0.1, 0.15) is 0 Å². The van der Waals surface area contributed by atoms with E-state index in [-0.39, 0.29) is 5.91 Å². The van der Waals surface area contributed by atoms with Gasteiger partial charge in [0.2, 0.25) is 5.91 Å². The van der Waals surface area contributed by atoms with E-state index in [1.165, 1.54) is 4.90 Å². The first-order valence-corrected chi connectivity index (χ1v) is 7.96. The first-order valence-electron chi connectivity index (χ1n) is 6.97. The Kier molecular flexibility index (Phi) is 9.19. The number of rotatable bonds is 10. The highest BCUT2D eigenvalue weighted by molar-refractivity contribution is 7.99. The summed E-state index contributed by atoms with van der Waals surface area (Å²) in [7, 11) is 0. The van der Waals surface area contributed by atoms with E-state index >= 15 is 0 Å². The number of carbonyl (C=O) groups is 1. The molecule has 1 aromatic carbocycles. The molecule has 0 spiro atoms. The van der Waals surface area contributed by atoms with Gasteiger partial charge < -0.3 is 11.1 Å². The van der Waals surface area contributed by atoms with Gasteiger partial charge in [0.25, 0.3) is 0 Å². The van der Waals surface area contributed by atoms with Crippen LogP contribution in [0.25, 0.3) is 0 Å². The third-order valence-electron chi connectivity index (χ3n) is 2.79. The van der Waals surface area contributed by atoms with Gasteiger partial charge in [-0.3, -0.25) is 4.79 Å². The molecule has 0 aliphatic carbocycles. The summed E-state index contributed by atoms with van der Waals surface area (Å²) in [4.78, 5) is 12.8. The molecule has 1 rings (SSSR count). The van der Waals surface area contributed by atoms with Gasteiger partial charge in [-0.15, -0.1) is 11.8 Å². The molecule has 0 unspecified atom stereocenters. The summed E-state index contributed by atoms with van der Waals surface area (Å²) in [5, 5.41) is 2.96. The molecule has 1 amide bonds. The molecule has 0 aliphatic rings. The van der Waals surface area contributed by atoms with Gasteiger partial charge in [-0.2, -0.15) is 0 Å². The summed E-state index contributed by atoms with van der Waals surface area (Å²) >= 11 is 1.77. The molecule has 0 atom stereocenters. The van der Waals surface area contributed by atoms with E-state index in [1.807, 2.05) is 18.2 Å². The minimum atomic E-state index is 0.168. The smallest absolute Gasteiger partial charge is 0.220 e. The van der Waals surface area contributed by atoms with Gasteiger partial charge in [0, 0.05) is 23.6 Å². The number of thioether (sulfide) groups is 1. The van der Waals surface area contributed by atoms with Crippen molar-refractivity contribution in [1.82, 2.24) is 5.32 Å². The van der Waals surface area contributed by atoms with Crippen LogP contribution in [0.4, 0.5) is 0 Å². The van der Waals surface area contributed by atoms with Crippen molar-refractivity contribution in [3.05, 3.63) is 30.3 Å². The van der Waals surface area contributed by atoms with Crippen LogP contribution in [0, 0.1) is 0 Å². The quantitative estimate of drug-likeness (QED) is 0.512. The normalized spacial score (nSPS) is 10.4. The van der Waals surface area contributed by atoms with Gasteiger partial charge in [0.05, 0.1) is 0 Å². The zero-order valence-electron chi connectivity index (χ0n) is 11.4. The van der Waals surface area contributed by atoms with Crippen molar-refractivity contribution in [3.8, 4) is 0 Å². The average Bonchev–Trinajstić information content (AvgIpc) is 2.44. The second-order valence-electron chi connectivity index (χ2n) is 4.46. The Morgan fingerprint density at radius 1 is 1.11 bits per heavy atom. The molecule has 106 valence electrons. The number of hydrogen-bond acceptors (Lipinski definition) is 3. The van der Waals surface area contributed by atoms with E-state index in [4.69, 9.17) is 5.73 Å². The molecule has 3 nitrogen and oxygen atoms in total. The number of hydrogen-bond donors (Lipinski definition) is 2. The molecule has 0 fully saturated rings. The molecule has 0 bridgehead atoms. The van der Waals surface area contributed by atoms with Crippen molar-refractivity contribution in [1.29, 1.82) is 0 Å². The molecular weight excluding hydrogens is 256 g/mol. The number of carbonyl (C=O) groups excluding carboxylic acids is 1. The summed E-state index contributed by atoms with van der Waals surface area (Å²) in [5.41, 5.74) is 5.42. The predicted molar refractivity (Wildman–Crippen MR) is 82.3 cm³/mol. The fourth-order valence-corrected chi connectivity index (χ4v) is 2.54. The summed E-state index contributed by atoms with van der Waals surface area (Å²) in [6.07, 6.45) is 4.91. The molecule has 0 aliphatic heterocycles. The molecule has 0 radical (unpaired) electrons.